The Kier molecular flexibility index (Phi) is 8.71. The number of hydrogen-bond acceptors (Lipinski definition) is 1. The van der Waals surface area contributed by atoms with E-state index in [9.17, 15) is 0 Å². The van der Waals surface area contributed by atoms with Crippen molar-refractivity contribution in [1.82, 2.24) is 0 Å². The monoisotopic (exact) mass is 276 g/mol. The molecule has 0 saturated carbocycles. The molecule has 15 heavy (non-hydrogen) atoms. The van der Waals surface area contributed by atoms with Crippen molar-refractivity contribution < 1.29 is 15.7 Å². The normalized spacial score (nSPS) is 9.07. The van der Waals surface area contributed by atoms with Crippen LogP contribution in [-0.2, 0) is 0 Å². The molecular weight excluding hydrogens is 259 g/mol. The van der Waals surface area contributed by atoms with Gasteiger partial charge in [0.1, 0.15) is 13.6 Å². The lowest BCUT2D eigenvalue weighted by atomic mass is 9.96. The van der Waals surface area contributed by atoms with E-state index in [0.717, 1.165) is 16.8 Å². The maximum Gasteiger partial charge on any atom is 0.139 e. The van der Waals surface area contributed by atoms with Gasteiger partial charge in [-0.1, -0.05) is 41.3 Å². The van der Waals surface area contributed by atoms with Gasteiger partial charge in [-0.25, -0.2) is 0 Å². The quantitative estimate of drug-likeness (QED) is 0.722. The molecule has 3 nitrogen and oxygen atoms in total. The van der Waals surface area contributed by atoms with E-state index in [2.05, 4.69) is 43.7 Å². The molecule has 4 N–H and O–H groups in total. The molecule has 0 aliphatic carbocycles. The lowest BCUT2D eigenvalue weighted by molar-refractivity contribution is 0.271. The largest absolute Gasteiger partial charge is 0.493 e. The first-order valence-electron chi connectivity index (χ1n) is 4.48. The molecule has 0 amide bonds. The molecule has 0 aromatic heterocycles. The van der Waals surface area contributed by atoms with E-state index in [1.54, 1.807) is 0 Å². The molecule has 1 aromatic rings. The minimum Gasteiger partial charge on any atom is -0.493 e. The van der Waals surface area contributed by atoms with Gasteiger partial charge >= 0.3 is 0 Å². The highest BCUT2D eigenvalue weighted by atomic mass is 79.9. The first-order chi connectivity index (χ1) is 6.08. The average molecular weight is 277 g/mol. The van der Waals surface area contributed by atoms with Crippen molar-refractivity contribution in [2.45, 2.75) is 13.8 Å². The van der Waals surface area contributed by atoms with E-state index in [-0.39, 0.29) is 11.0 Å². The Morgan fingerprint density at radius 3 is 2.33 bits per heavy atom. The van der Waals surface area contributed by atoms with Gasteiger partial charge < -0.3 is 15.7 Å². The second-order valence-corrected chi connectivity index (χ2v) is 4.58. The van der Waals surface area contributed by atoms with Crippen LogP contribution in [0.25, 0.3) is 0 Å². The van der Waals surface area contributed by atoms with Gasteiger partial charge in [0.25, 0.3) is 0 Å². The molecule has 1 rings (SSSR count). The smallest absolute Gasteiger partial charge is 0.139 e. The van der Waals surface area contributed by atoms with Crippen LogP contribution in [0.4, 0.5) is 0 Å². The van der Waals surface area contributed by atoms with E-state index < -0.39 is 0 Å². The van der Waals surface area contributed by atoms with Crippen LogP contribution in [0.15, 0.2) is 22.7 Å². The first-order valence-corrected chi connectivity index (χ1v) is 5.27. The number of rotatable bonds is 3. The molecule has 0 bridgehead atoms. The molecule has 5 heteroatoms. The summed E-state index contributed by atoms with van der Waals surface area (Å²) in [6.07, 6.45) is 0. The highest BCUT2D eigenvalue weighted by molar-refractivity contribution is 9.10. The minimum absolute atomic E-state index is 0. The number of benzene rings is 1. The van der Waals surface area contributed by atoms with Crippen LogP contribution in [0.1, 0.15) is 13.8 Å². The third kappa shape index (κ3) is 6.55. The van der Waals surface area contributed by atoms with E-state index in [1.807, 2.05) is 12.1 Å². The summed E-state index contributed by atoms with van der Waals surface area (Å²) in [6.45, 7) is 5.06. The van der Waals surface area contributed by atoms with Crippen molar-refractivity contribution in [3.63, 3.8) is 0 Å². The Bertz CT molecular complexity index is 272. The van der Waals surface area contributed by atoms with Crippen molar-refractivity contribution in [2.24, 2.45) is 5.92 Å². The second kappa shape index (κ2) is 7.73. The van der Waals surface area contributed by atoms with Crippen molar-refractivity contribution in [3.05, 3.63) is 22.7 Å². The Balaban J connectivity index is 0. The van der Waals surface area contributed by atoms with Crippen molar-refractivity contribution in [2.75, 3.05) is 6.61 Å². The van der Waals surface area contributed by atoms with E-state index in [0.29, 0.717) is 5.92 Å². The molecule has 0 heterocycles. The number of ether oxygens (including phenoxy) is 1. The third-order valence-electron chi connectivity index (χ3n) is 1.60. The van der Waals surface area contributed by atoms with E-state index >= 15 is 0 Å². The van der Waals surface area contributed by atoms with Crippen LogP contribution < -0.4 is 10.2 Å². The molecule has 1 aromatic carbocycles. The van der Waals surface area contributed by atoms with Gasteiger partial charge in [0.05, 0.1) is 6.61 Å². The van der Waals surface area contributed by atoms with Crippen LogP contribution in [0.2, 0.25) is 0 Å². The van der Waals surface area contributed by atoms with E-state index in [1.165, 1.54) is 5.46 Å². The molecule has 0 aliphatic heterocycles. The van der Waals surface area contributed by atoms with E-state index in [4.69, 9.17) is 4.74 Å². The first kappa shape index (κ1) is 16.9. The predicted molar refractivity (Wildman–Crippen MR) is 69.9 cm³/mol. The number of hydrogen-bond donors (Lipinski definition) is 0. The molecule has 0 aliphatic rings. The highest BCUT2D eigenvalue weighted by Gasteiger charge is 1.99. The summed E-state index contributed by atoms with van der Waals surface area (Å²) in [4.78, 5) is 0. The fourth-order valence-electron chi connectivity index (χ4n) is 1.05. The molecular formula is C10H18BBrO3. The van der Waals surface area contributed by atoms with Gasteiger partial charge in [0.2, 0.25) is 0 Å². The van der Waals surface area contributed by atoms with Crippen LogP contribution in [0.3, 0.4) is 0 Å². The van der Waals surface area contributed by atoms with Crippen LogP contribution >= 0.6 is 15.9 Å². The molecule has 0 spiro atoms. The summed E-state index contributed by atoms with van der Waals surface area (Å²) < 4.78 is 6.67. The van der Waals surface area contributed by atoms with Gasteiger partial charge in [-0.3, -0.25) is 0 Å². The highest BCUT2D eigenvalue weighted by Crippen LogP contribution is 2.16. The maximum atomic E-state index is 5.60. The lowest BCUT2D eigenvalue weighted by Gasteiger charge is -2.09. The lowest BCUT2D eigenvalue weighted by Crippen LogP contribution is -2.07. The van der Waals surface area contributed by atoms with Gasteiger partial charge in [-0.05, 0) is 18.1 Å². The van der Waals surface area contributed by atoms with Crippen molar-refractivity contribution >= 4 is 29.2 Å². The van der Waals surface area contributed by atoms with Crippen molar-refractivity contribution in [3.8, 4) is 5.75 Å². The molecule has 0 saturated heterocycles. The summed E-state index contributed by atoms with van der Waals surface area (Å²) in [5.41, 5.74) is 1.22. The Morgan fingerprint density at radius 2 is 1.87 bits per heavy atom. The maximum absolute atomic E-state index is 5.60. The summed E-state index contributed by atoms with van der Waals surface area (Å²) in [5.74, 6) is 1.51. The third-order valence-corrected chi connectivity index (χ3v) is 2.06. The molecule has 0 fully saturated rings. The van der Waals surface area contributed by atoms with Gasteiger partial charge in [0.15, 0.2) is 0 Å². The van der Waals surface area contributed by atoms with Crippen LogP contribution in [0.5, 0.6) is 5.75 Å². The predicted octanol–water partition coefficient (Wildman–Crippen LogP) is 0.0929. The molecule has 0 atom stereocenters. The van der Waals surface area contributed by atoms with Crippen LogP contribution in [-0.4, -0.2) is 25.4 Å². The minimum atomic E-state index is 0. The Hall–Kier alpha value is -0.515. The Labute approximate surface area is 100.0 Å². The topological polar surface area (TPSA) is 72.2 Å². The molecule has 0 unspecified atom stereocenters. The summed E-state index contributed by atoms with van der Waals surface area (Å²) in [7, 11) is 2.06. The van der Waals surface area contributed by atoms with Gasteiger partial charge in [0, 0.05) is 4.47 Å². The SMILES string of the molecule is Bc1cc(Br)cc(OCC(C)C)c1.O.O. The zero-order valence-electron chi connectivity index (χ0n) is 9.30. The summed E-state index contributed by atoms with van der Waals surface area (Å²) in [6, 6.07) is 6.12. The molecule has 0 radical (unpaired) electrons. The van der Waals surface area contributed by atoms with Crippen molar-refractivity contribution in [1.29, 1.82) is 0 Å². The molecule has 86 valence electrons. The standard InChI is InChI=1S/C10H14BBrO.2H2O/c1-7(2)6-13-10-4-8(11)3-9(12)5-10;;/h3-5,7H,6,11H2,1-2H3;2*1H2. The number of halogens is 1. The second-order valence-electron chi connectivity index (χ2n) is 3.67. The van der Waals surface area contributed by atoms with Gasteiger partial charge in [-0.2, -0.15) is 0 Å². The fraction of sp³-hybridized carbons (Fsp3) is 0.400. The zero-order chi connectivity index (χ0) is 9.84. The summed E-state index contributed by atoms with van der Waals surface area (Å²) in [5, 5.41) is 0. The summed E-state index contributed by atoms with van der Waals surface area (Å²) >= 11 is 3.44. The average Bonchev–Trinajstić information content (AvgIpc) is 1.99. The van der Waals surface area contributed by atoms with Crippen LogP contribution in [0, 0.1) is 5.92 Å². The fourth-order valence-corrected chi connectivity index (χ4v) is 1.64. The zero-order valence-corrected chi connectivity index (χ0v) is 10.9. The Morgan fingerprint density at radius 1 is 1.27 bits per heavy atom. The van der Waals surface area contributed by atoms with Gasteiger partial charge in [-0.15, -0.1) is 0 Å².